The third-order valence-corrected chi connectivity index (χ3v) is 1.64. The van der Waals surface area contributed by atoms with Crippen LogP contribution in [0.4, 0.5) is 0 Å². The molecule has 0 unspecified atom stereocenters. The van der Waals surface area contributed by atoms with Gasteiger partial charge in [0.25, 0.3) is 0 Å². The zero-order chi connectivity index (χ0) is 7.40. The zero-order valence-electron chi connectivity index (χ0n) is 6.59. The number of rotatable bonds is 0. The second-order valence-corrected chi connectivity index (χ2v) is 2.72. The molecule has 1 aliphatic heterocycles. The minimum atomic E-state index is 1.10. The molecule has 10 heavy (non-hydrogen) atoms. The summed E-state index contributed by atoms with van der Waals surface area (Å²) in [6, 6.07) is 0. The lowest BCUT2D eigenvalue weighted by molar-refractivity contribution is 1.00. The van der Waals surface area contributed by atoms with Gasteiger partial charge >= 0.3 is 0 Å². The maximum atomic E-state index is 4.21. The molecule has 54 valence electrons. The van der Waals surface area contributed by atoms with E-state index in [1.165, 1.54) is 11.3 Å². The molecule has 0 spiro atoms. The Kier molecular flexibility index (Phi) is 2.43. The van der Waals surface area contributed by atoms with Crippen LogP contribution in [0.1, 0.15) is 26.7 Å². The van der Waals surface area contributed by atoms with Crippen molar-refractivity contribution >= 4 is 5.71 Å². The van der Waals surface area contributed by atoms with E-state index in [0.717, 1.165) is 12.8 Å². The fourth-order valence-corrected chi connectivity index (χ4v) is 0.904. The van der Waals surface area contributed by atoms with Gasteiger partial charge in [0.15, 0.2) is 0 Å². The van der Waals surface area contributed by atoms with Crippen molar-refractivity contribution in [3.05, 3.63) is 23.9 Å². The maximum absolute atomic E-state index is 4.21. The van der Waals surface area contributed by atoms with Crippen molar-refractivity contribution in [3.8, 4) is 0 Å². The van der Waals surface area contributed by atoms with E-state index in [-0.39, 0.29) is 0 Å². The van der Waals surface area contributed by atoms with Crippen LogP contribution in [0, 0.1) is 0 Å². The molecule has 1 aliphatic rings. The molecule has 0 radical (unpaired) electrons. The number of aliphatic imine (C=N–C) groups is 1. The van der Waals surface area contributed by atoms with Crippen molar-refractivity contribution < 1.29 is 0 Å². The molecule has 1 heterocycles. The minimum absolute atomic E-state index is 1.10. The summed E-state index contributed by atoms with van der Waals surface area (Å²) >= 11 is 0. The van der Waals surface area contributed by atoms with Gasteiger partial charge in [0.05, 0.1) is 0 Å². The normalized spacial score (nSPS) is 19.0. The number of nitrogens with zero attached hydrogens (tertiary/aromatic N) is 1. The second-order valence-electron chi connectivity index (χ2n) is 2.72. The number of hydrogen-bond donors (Lipinski definition) is 0. The van der Waals surface area contributed by atoms with Crippen LogP contribution in [-0.2, 0) is 0 Å². The zero-order valence-corrected chi connectivity index (χ0v) is 6.59. The van der Waals surface area contributed by atoms with Crippen LogP contribution in [0.5, 0.6) is 0 Å². The molecule has 1 heteroatoms. The summed E-state index contributed by atoms with van der Waals surface area (Å²) in [5, 5.41) is 0. The van der Waals surface area contributed by atoms with Crippen molar-refractivity contribution in [2.45, 2.75) is 26.7 Å². The van der Waals surface area contributed by atoms with Gasteiger partial charge in [0, 0.05) is 11.9 Å². The Bertz CT molecular complexity index is 175. The van der Waals surface area contributed by atoms with Crippen LogP contribution < -0.4 is 0 Å². The molecule has 0 aromatic carbocycles. The summed E-state index contributed by atoms with van der Waals surface area (Å²) < 4.78 is 0. The Morgan fingerprint density at radius 2 is 2.10 bits per heavy atom. The van der Waals surface area contributed by atoms with E-state index < -0.39 is 0 Å². The van der Waals surface area contributed by atoms with Crippen LogP contribution in [0.25, 0.3) is 0 Å². The van der Waals surface area contributed by atoms with Crippen LogP contribution in [0.2, 0.25) is 0 Å². The molecule has 1 rings (SSSR count). The lowest BCUT2D eigenvalue weighted by Crippen LogP contribution is -1.92. The summed E-state index contributed by atoms with van der Waals surface area (Å²) in [6.07, 6.45) is 8.23. The largest absolute Gasteiger partial charge is 0.266 e. The van der Waals surface area contributed by atoms with Gasteiger partial charge < -0.3 is 0 Å². The molecule has 0 N–H and O–H groups in total. The van der Waals surface area contributed by atoms with Gasteiger partial charge in [0.2, 0.25) is 0 Å². The molecule has 0 aromatic heterocycles. The Morgan fingerprint density at radius 3 is 2.90 bits per heavy atom. The highest BCUT2D eigenvalue weighted by molar-refractivity contribution is 5.82. The summed E-state index contributed by atoms with van der Waals surface area (Å²) in [6.45, 7) is 4.23. The standard InChI is InChI=1S/C9H13N/c1-8-4-3-7-10-9(2)6-5-8/h3-4,7H,5-6H2,1-2H3. The first-order valence-corrected chi connectivity index (χ1v) is 3.64. The van der Waals surface area contributed by atoms with Crippen molar-refractivity contribution in [1.82, 2.24) is 0 Å². The van der Waals surface area contributed by atoms with E-state index in [1.54, 1.807) is 0 Å². The maximum Gasteiger partial charge on any atom is 0.0267 e. The third kappa shape index (κ3) is 2.18. The lowest BCUT2D eigenvalue weighted by atomic mass is 10.1. The molecule has 0 amide bonds. The highest BCUT2D eigenvalue weighted by Gasteiger charge is 1.93. The van der Waals surface area contributed by atoms with Gasteiger partial charge in [-0.25, -0.2) is 0 Å². The molecule has 1 nitrogen and oxygen atoms in total. The first kappa shape index (κ1) is 7.26. The second kappa shape index (κ2) is 3.35. The fourth-order valence-electron chi connectivity index (χ4n) is 0.904. The Morgan fingerprint density at radius 1 is 1.30 bits per heavy atom. The molecule has 0 saturated carbocycles. The number of allylic oxidation sites excluding steroid dienone is 3. The Hall–Kier alpha value is -0.850. The van der Waals surface area contributed by atoms with E-state index in [2.05, 4.69) is 24.9 Å². The lowest BCUT2D eigenvalue weighted by Gasteiger charge is -2.01. The first-order chi connectivity index (χ1) is 4.79. The highest BCUT2D eigenvalue weighted by Crippen LogP contribution is 2.07. The summed E-state index contributed by atoms with van der Waals surface area (Å²) in [4.78, 5) is 4.21. The molecule has 0 saturated heterocycles. The summed E-state index contributed by atoms with van der Waals surface area (Å²) in [5.41, 5.74) is 2.66. The smallest absolute Gasteiger partial charge is 0.0267 e. The van der Waals surface area contributed by atoms with Gasteiger partial charge in [-0.05, 0) is 32.8 Å². The van der Waals surface area contributed by atoms with Crippen molar-refractivity contribution in [1.29, 1.82) is 0 Å². The van der Waals surface area contributed by atoms with Crippen LogP contribution in [0.15, 0.2) is 28.9 Å². The predicted octanol–water partition coefficient (Wildman–Crippen LogP) is 2.70. The SMILES string of the molecule is CC1=CC=CN=C(C)CC1. The van der Waals surface area contributed by atoms with Gasteiger partial charge in [0.1, 0.15) is 0 Å². The molecule has 0 aliphatic carbocycles. The van der Waals surface area contributed by atoms with E-state index in [1.807, 2.05) is 12.3 Å². The van der Waals surface area contributed by atoms with Crippen molar-refractivity contribution in [2.24, 2.45) is 4.99 Å². The van der Waals surface area contributed by atoms with Crippen LogP contribution >= 0.6 is 0 Å². The van der Waals surface area contributed by atoms with Crippen LogP contribution in [-0.4, -0.2) is 5.71 Å². The van der Waals surface area contributed by atoms with Gasteiger partial charge in [-0.3, -0.25) is 4.99 Å². The minimum Gasteiger partial charge on any atom is -0.266 e. The van der Waals surface area contributed by atoms with Crippen molar-refractivity contribution in [2.75, 3.05) is 0 Å². The van der Waals surface area contributed by atoms with Gasteiger partial charge in [-0.2, -0.15) is 0 Å². The van der Waals surface area contributed by atoms with Crippen LogP contribution in [0.3, 0.4) is 0 Å². The van der Waals surface area contributed by atoms with Gasteiger partial charge in [-0.15, -0.1) is 0 Å². The Balaban J connectivity index is 2.69. The first-order valence-electron chi connectivity index (χ1n) is 3.64. The van der Waals surface area contributed by atoms with E-state index >= 15 is 0 Å². The van der Waals surface area contributed by atoms with Crippen molar-refractivity contribution in [3.63, 3.8) is 0 Å². The monoisotopic (exact) mass is 135 g/mol. The summed E-state index contributed by atoms with van der Waals surface area (Å²) in [5.74, 6) is 0. The number of hydrogen-bond acceptors (Lipinski definition) is 1. The highest BCUT2D eigenvalue weighted by atomic mass is 14.7. The molecule has 0 aromatic rings. The average molecular weight is 135 g/mol. The molecule has 0 atom stereocenters. The molecular weight excluding hydrogens is 122 g/mol. The van der Waals surface area contributed by atoms with Gasteiger partial charge in [-0.1, -0.05) is 11.6 Å². The predicted molar refractivity (Wildman–Crippen MR) is 45.2 cm³/mol. The molecule has 0 fully saturated rings. The average Bonchev–Trinajstić information content (AvgIpc) is 1.90. The third-order valence-electron chi connectivity index (χ3n) is 1.64. The Labute approximate surface area is 62.2 Å². The molecular formula is C9H13N. The van der Waals surface area contributed by atoms with E-state index in [4.69, 9.17) is 0 Å². The van der Waals surface area contributed by atoms with E-state index in [9.17, 15) is 0 Å². The molecule has 0 bridgehead atoms. The van der Waals surface area contributed by atoms with E-state index in [0.29, 0.717) is 0 Å². The quantitative estimate of drug-likeness (QED) is 0.484. The summed E-state index contributed by atoms with van der Waals surface area (Å²) in [7, 11) is 0. The fraction of sp³-hybridized carbons (Fsp3) is 0.444. The topological polar surface area (TPSA) is 12.4 Å².